The van der Waals surface area contributed by atoms with Crippen molar-refractivity contribution in [2.75, 3.05) is 19.5 Å². The number of nitrogens with one attached hydrogen (secondary N) is 1. The van der Waals surface area contributed by atoms with Gasteiger partial charge in [-0.3, -0.25) is 4.79 Å². The molecule has 0 aromatic heterocycles. The van der Waals surface area contributed by atoms with Gasteiger partial charge < -0.3 is 14.8 Å². The Labute approximate surface area is 185 Å². The number of aryl methyl sites for hydroxylation is 3. The molecule has 1 aliphatic rings. The lowest BCUT2D eigenvalue weighted by Crippen LogP contribution is -2.27. The maximum absolute atomic E-state index is 13.2. The van der Waals surface area contributed by atoms with Crippen LogP contribution in [0.15, 0.2) is 54.6 Å². The van der Waals surface area contributed by atoms with Crippen LogP contribution in [0.3, 0.4) is 0 Å². The minimum absolute atomic E-state index is 0. The highest BCUT2D eigenvalue weighted by atomic mass is 16.5. The molecule has 0 unspecified atom stereocenters. The van der Waals surface area contributed by atoms with Crippen molar-refractivity contribution in [1.29, 1.82) is 0 Å². The molecule has 1 aliphatic carbocycles. The highest BCUT2D eigenvalue weighted by molar-refractivity contribution is 6.01. The van der Waals surface area contributed by atoms with Crippen LogP contribution in [0.4, 0.5) is 5.69 Å². The fourth-order valence-electron chi connectivity index (χ4n) is 4.37. The highest BCUT2D eigenvalue weighted by Gasteiger charge is 2.51. The molecule has 3 aromatic rings. The van der Waals surface area contributed by atoms with E-state index in [0.717, 1.165) is 57.8 Å². The number of ether oxygens (including phenoxy) is 2. The molecule has 1 fully saturated rings. The summed E-state index contributed by atoms with van der Waals surface area (Å²) >= 11 is 0. The van der Waals surface area contributed by atoms with E-state index in [9.17, 15) is 4.79 Å². The highest BCUT2D eigenvalue weighted by Crippen LogP contribution is 2.49. The smallest absolute Gasteiger partial charge is 0.235 e. The Kier molecular flexibility index (Phi) is 5.48. The Morgan fingerprint density at radius 3 is 2.06 bits per heavy atom. The van der Waals surface area contributed by atoms with E-state index < -0.39 is 5.41 Å². The van der Waals surface area contributed by atoms with Gasteiger partial charge in [0.05, 0.1) is 19.6 Å². The van der Waals surface area contributed by atoms with Gasteiger partial charge in [-0.05, 0) is 103 Å². The van der Waals surface area contributed by atoms with Crippen molar-refractivity contribution in [3.05, 3.63) is 76.9 Å². The molecule has 0 heterocycles. The summed E-state index contributed by atoms with van der Waals surface area (Å²) in [4.78, 5) is 13.2. The number of benzene rings is 3. The molecule has 0 atom stereocenters. The molecule has 1 N–H and O–H groups in total. The molecule has 0 spiro atoms. The summed E-state index contributed by atoms with van der Waals surface area (Å²) in [6, 6.07) is 18.2. The number of hydrogen-bond donors (Lipinski definition) is 1. The standard InChI is InChI=1S/C27H29NO3.H2/c1-17-6-9-22(16-24(17)20-14-18(2)25(31-5)19(3)15-20)28-26(29)27(12-13-27)21-7-10-23(30-4)11-8-21;/h6-11,14-16H,12-13H2,1-5H3,(H,28,29);1H. The van der Waals surface area contributed by atoms with E-state index >= 15 is 0 Å². The second-order valence-corrected chi connectivity index (χ2v) is 8.44. The Bertz CT molecular complexity index is 1110. The largest absolute Gasteiger partial charge is 0.497 e. The summed E-state index contributed by atoms with van der Waals surface area (Å²) in [5.74, 6) is 1.77. The van der Waals surface area contributed by atoms with E-state index in [1.807, 2.05) is 30.3 Å². The predicted octanol–water partition coefficient (Wildman–Crippen LogP) is 6.21. The molecule has 1 saturated carbocycles. The lowest BCUT2D eigenvalue weighted by Gasteiger charge is -2.18. The molecule has 3 aromatic carbocycles. The normalized spacial score (nSPS) is 14.1. The van der Waals surface area contributed by atoms with Gasteiger partial charge in [-0.2, -0.15) is 0 Å². The quantitative estimate of drug-likeness (QED) is 0.518. The van der Waals surface area contributed by atoms with Crippen LogP contribution in [0.25, 0.3) is 11.1 Å². The average Bonchev–Trinajstić information content (AvgIpc) is 3.57. The molecule has 4 heteroatoms. The van der Waals surface area contributed by atoms with E-state index in [0.29, 0.717) is 0 Å². The maximum atomic E-state index is 13.2. The molecule has 1 amide bonds. The first-order chi connectivity index (χ1) is 14.9. The number of carbonyl (C=O) groups excluding carboxylic acids is 1. The molecular formula is C27H31NO3. The lowest BCUT2D eigenvalue weighted by atomic mass is 9.94. The lowest BCUT2D eigenvalue weighted by molar-refractivity contribution is -0.118. The number of hydrogen-bond acceptors (Lipinski definition) is 3. The molecule has 0 saturated heterocycles. The third-order valence-electron chi connectivity index (χ3n) is 6.30. The van der Waals surface area contributed by atoms with Crippen LogP contribution in [0.2, 0.25) is 0 Å². The number of amides is 1. The fourth-order valence-corrected chi connectivity index (χ4v) is 4.37. The summed E-state index contributed by atoms with van der Waals surface area (Å²) in [6.07, 6.45) is 1.72. The van der Waals surface area contributed by atoms with Crippen LogP contribution in [-0.2, 0) is 10.2 Å². The van der Waals surface area contributed by atoms with Crippen molar-refractivity contribution in [1.82, 2.24) is 0 Å². The van der Waals surface area contributed by atoms with Crippen molar-refractivity contribution in [2.24, 2.45) is 0 Å². The Morgan fingerprint density at radius 2 is 1.52 bits per heavy atom. The molecule has 162 valence electrons. The molecule has 31 heavy (non-hydrogen) atoms. The third-order valence-corrected chi connectivity index (χ3v) is 6.30. The van der Waals surface area contributed by atoms with Gasteiger partial charge in [0.15, 0.2) is 0 Å². The van der Waals surface area contributed by atoms with Gasteiger partial charge in [0, 0.05) is 7.11 Å². The number of anilines is 1. The Balaban J connectivity index is 0.00000289. The van der Waals surface area contributed by atoms with Crippen molar-refractivity contribution in [2.45, 2.75) is 39.0 Å². The molecule has 4 rings (SSSR count). The van der Waals surface area contributed by atoms with E-state index in [1.165, 1.54) is 5.56 Å². The number of rotatable bonds is 6. The topological polar surface area (TPSA) is 47.6 Å². The molecule has 0 radical (unpaired) electrons. The van der Waals surface area contributed by atoms with Crippen LogP contribution in [0, 0.1) is 20.8 Å². The SMILES string of the molecule is COc1ccc(C2(C(=O)Nc3ccc(C)c(-c4cc(C)c(OC)c(C)c4)c3)CC2)cc1.[HH]. The van der Waals surface area contributed by atoms with E-state index in [4.69, 9.17) is 9.47 Å². The summed E-state index contributed by atoms with van der Waals surface area (Å²) in [5.41, 5.74) is 7.02. The monoisotopic (exact) mass is 417 g/mol. The van der Waals surface area contributed by atoms with E-state index in [-0.39, 0.29) is 7.33 Å². The van der Waals surface area contributed by atoms with Gasteiger partial charge >= 0.3 is 0 Å². The summed E-state index contributed by atoms with van der Waals surface area (Å²) in [6.45, 7) is 6.21. The maximum Gasteiger partial charge on any atom is 0.235 e. The van der Waals surface area contributed by atoms with Crippen molar-refractivity contribution < 1.29 is 15.7 Å². The zero-order valence-electron chi connectivity index (χ0n) is 18.8. The Morgan fingerprint density at radius 1 is 0.871 bits per heavy atom. The second kappa shape index (κ2) is 8.10. The van der Waals surface area contributed by atoms with E-state index in [2.05, 4.69) is 50.4 Å². The van der Waals surface area contributed by atoms with Gasteiger partial charge in [-0.15, -0.1) is 0 Å². The van der Waals surface area contributed by atoms with Gasteiger partial charge in [0.25, 0.3) is 0 Å². The summed E-state index contributed by atoms with van der Waals surface area (Å²) in [5, 5.41) is 3.17. The molecular weight excluding hydrogens is 386 g/mol. The van der Waals surface area contributed by atoms with Crippen molar-refractivity contribution >= 4 is 11.6 Å². The van der Waals surface area contributed by atoms with Crippen LogP contribution in [0.1, 0.15) is 36.5 Å². The zero-order chi connectivity index (χ0) is 22.2. The van der Waals surface area contributed by atoms with Crippen LogP contribution in [-0.4, -0.2) is 20.1 Å². The summed E-state index contributed by atoms with van der Waals surface area (Å²) in [7, 11) is 3.35. The first-order valence-electron chi connectivity index (χ1n) is 10.6. The summed E-state index contributed by atoms with van der Waals surface area (Å²) < 4.78 is 10.8. The van der Waals surface area contributed by atoms with Crippen LogP contribution in [0.5, 0.6) is 11.5 Å². The van der Waals surface area contributed by atoms with Gasteiger partial charge in [0.2, 0.25) is 5.91 Å². The first kappa shape index (κ1) is 21.0. The van der Waals surface area contributed by atoms with E-state index in [1.54, 1.807) is 14.2 Å². The zero-order valence-corrected chi connectivity index (χ0v) is 18.8. The third kappa shape index (κ3) is 3.90. The Hall–Kier alpha value is -3.27. The van der Waals surface area contributed by atoms with Gasteiger partial charge in [-0.1, -0.05) is 18.2 Å². The fraction of sp³-hybridized carbons (Fsp3) is 0.296. The average molecular weight is 418 g/mol. The van der Waals surface area contributed by atoms with Gasteiger partial charge in [0.1, 0.15) is 11.5 Å². The molecule has 0 aliphatic heterocycles. The minimum atomic E-state index is -0.440. The number of methoxy groups -OCH3 is 2. The van der Waals surface area contributed by atoms with Crippen LogP contribution < -0.4 is 14.8 Å². The van der Waals surface area contributed by atoms with Crippen molar-refractivity contribution in [3.8, 4) is 22.6 Å². The first-order valence-corrected chi connectivity index (χ1v) is 10.6. The second-order valence-electron chi connectivity index (χ2n) is 8.44. The van der Waals surface area contributed by atoms with Gasteiger partial charge in [-0.25, -0.2) is 0 Å². The van der Waals surface area contributed by atoms with Crippen molar-refractivity contribution in [3.63, 3.8) is 0 Å². The molecule has 4 nitrogen and oxygen atoms in total. The molecule has 0 bridgehead atoms. The minimum Gasteiger partial charge on any atom is -0.497 e. The number of carbonyl (C=O) groups is 1. The van der Waals surface area contributed by atoms with Crippen LogP contribution >= 0.6 is 0 Å². The predicted molar refractivity (Wildman–Crippen MR) is 127 cm³/mol.